The molecule has 0 aliphatic heterocycles. The van der Waals surface area contributed by atoms with Crippen LogP contribution in [0.15, 0.2) is 23.0 Å². The van der Waals surface area contributed by atoms with Gasteiger partial charge >= 0.3 is 5.69 Å². The van der Waals surface area contributed by atoms with Crippen LogP contribution in [-0.2, 0) is 19.6 Å². The highest BCUT2D eigenvalue weighted by Crippen LogP contribution is 2.44. The number of rotatable bonds is 1. The van der Waals surface area contributed by atoms with Crippen LogP contribution in [0.3, 0.4) is 0 Å². The van der Waals surface area contributed by atoms with Crippen LogP contribution in [0.2, 0.25) is 0 Å². The van der Waals surface area contributed by atoms with Gasteiger partial charge in [-0.15, -0.1) is 0 Å². The molecular weight excluding hydrogens is 202 g/mol. The molecule has 0 radical (unpaired) electrons. The van der Waals surface area contributed by atoms with E-state index in [0.29, 0.717) is 0 Å². The van der Waals surface area contributed by atoms with Crippen LogP contribution in [0.1, 0.15) is 18.4 Å². The summed E-state index contributed by atoms with van der Waals surface area (Å²) in [7, 11) is 3.60. The lowest BCUT2D eigenvalue weighted by Crippen LogP contribution is -2.22. The second-order valence-corrected chi connectivity index (χ2v) is 4.73. The minimum Gasteiger partial charge on any atom is -0.321 e. The number of aryl methyl sites for hydroxylation is 2. The van der Waals surface area contributed by atoms with E-state index in [0.717, 1.165) is 29.4 Å². The van der Waals surface area contributed by atoms with Crippen molar-refractivity contribution in [3.63, 3.8) is 0 Å². The first kappa shape index (κ1) is 9.66. The molecule has 16 heavy (non-hydrogen) atoms. The minimum atomic E-state index is -0.203. The van der Waals surface area contributed by atoms with Crippen LogP contribution >= 0.6 is 0 Å². The first-order valence-electron chi connectivity index (χ1n) is 5.48. The number of nitrogens with two attached hydrogens (primary N) is 1. The van der Waals surface area contributed by atoms with Crippen LogP contribution in [0.4, 0.5) is 0 Å². The van der Waals surface area contributed by atoms with Gasteiger partial charge in [0.15, 0.2) is 0 Å². The van der Waals surface area contributed by atoms with E-state index in [4.69, 9.17) is 5.73 Å². The lowest BCUT2D eigenvalue weighted by atomic mass is 10.0. The molecule has 0 bridgehead atoms. The molecule has 0 unspecified atom stereocenters. The molecule has 0 saturated heterocycles. The molecule has 1 aromatic heterocycles. The molecule has 1 saturated carbocycles. The van der Waals surface area contributed by atoms with Crippen molar-refractivity contribution in [1.29, 1.82) is 0 Å². The number of aromatic nitrogens is 2. The summed E-state index contributed by atoms with van der Waals surface area (Å²) in [6, 6.07) is 5.98. The summed E-state index contributed by atoms with van der Waals surface area (Å²) >= 11 is 0. The Morgan fingerprint density at radius 3 is 2.56 bits per heavy atom. The van der Waals surface area contributed by atoms with Crippen molar-refractivity contribution in [2.24, 2.45) is 19.8 Å². The Kier molecular flexibility index (Phi) is 1.67. The highest BCUT2D eigenvalue weighted by molar-refractivity contribution is 5.81. The molecule has 1 heterocycles. The number of fused-ring (bicyclic) bond motifs is 1. The van der Waals surface area contributed by atoms with Gasteiger partial charge in [-0.25, -0.2) is 4.79 Å². The maximum atomic E-state index is 11.9. The fourth-order valence-electron chi connectivity index (χ4n) is 2.38. The van der Waals surface area contributed by atoms with E-state index in [9.17, 15) is 4.79 Å². The smallest absolute Gasteiger partial charge is 0.321 e. The van der Waals surface area contributed by atoms with Crippen LogP contribution in [-0.4, -0.2) is 9.13 Å². The SMILES string of the molecule is Cn1c(=O)n(C)c2c(C3(N)CC3)cccc21. The lowest BCUT2D eigenvalue weighted by molar-refractivity contribution is 0.735. The summed E-state index contributed by atoms with van der Waals surface area (Å²) in [5.74, 6) is 0. The van der Waals surface area contributed by atoms with Crippen molar-refractivity contribution in [1.82, 2.24) is 9.13 Å². The molecule has 1 aromatic carbocycles. The monoisotopic (exact) mass is 217 g/mol. The Morgan fingerprint density at radius 1 is 1.25 bits per heavy atom. The van der Waals surface area contributed by atoms with Gasteiger partial charge in [0.1, 0.15) is 0 Å². The topological polar surface area (TPSA) is 53.0 Å². The van der Waals surface area contributed by atoms with Gasteiger partial charge in [0.05, 0.1) is 11.0 Å². The van der Waals surface area contributed by atoms with Gasteiger partial charge < -0.3 is 5.73 Å². The van der Waals surface area contributed by atoms with Crippen LogP contribution < -0.4 is 11.4 Å². The molecule has 2 aromatic rings. The standard InChI is InChI=1S/C12H15N3O/c1-14-9-5-3-4-8(12(13)6-7-12)10(9)15(2)11(14)16/h3-5H,6-7,13H2,1-2H3. The zero-order valence-electron chi connectivity index (χ0n) is 9.53. The van der Waals surface area contributed by atoms with Crippen molar-refractivity contribution in [2.45, 2.75) is 18.4 Å². The van der Waals surface area contributed by atoms with Gasteiger partial charge in [-0.1, -0.05) is 12.1 Å². The van der Waals surface area contributed by atoms with Gasteiger partial charge in [-0.05, 0) is 24.5 Å². The van der Waals surface area contributed by atoms with Gasteiger partial charge in [-0.3, -0.25) is 9.13 Å². The van der Waals surface area contributed by atoms with Crippen LogP contribution in [0.25, 0.3) is 11.0 Å². The highest BCUT2D eigenvalue weighted by Gasteiger charge is 2.41. The molecule has 2 N–H and O–H groups in total. The number of benzene rings is 1. The molecule has 4 heteroatoms. The van der Waals surface area contributed by atoms with E-state index in [1.165, 1.54) is 0 Å². The first-order chi connectivity index (χ1) is 7.54. The van der Waals surface area contributed by atoms with Crippen molar-refractivity contribution >= 4 is 11.0 Å². The Hall–Kier alpha value is -1.55. The van der Waals surface area contributed by atoms with Crippen molar-refractivity contribution in [3.05, 3.63) is 34.2 Å². The number of hydrogen-bond acceptors (Lipinski definition) is 2. The van der Waals surface area contributed by atoms with Crippen molar-refractivity contribution in [2.75, 3.05) is 0 Å². The van der Waals surface area contributed by atoms with E-state index in [1.54, 1.807) is 23.2 Å². The molecule has 1 aliphatic carbocycles. The number of imidazole rings is 1. The molecule has 0 spiro atoms. The second kappa shape index (κ2) is 2.77. The lowest BCUT2D eigenvalue weighted by Gasteiger charge is -2.11. The average molecular weight is 217 g/mol. The van der Waals surface area contributed by atoms with E-state index in [2.05, 4.69) is 0 Å². The third-order valence-corrected chi connectivity index (χ3v) is 3.61. The molecule has 1 fully saturated rings. The van der Waals surface area contributed by atoms with Crippen LogP contribution in [0.5, 0.6) is 0 Å². The van der Waals surface area contributed by atoms with Gasteiger partial charge in [-0.2, -0.15) is 0 Å². The van der Waals surface area contributed by atoms with Crippen LogP contribution in [0, 0.1) is 0 Å². The van der Waals surface area contributed by atoms with Gasteiger partial charge in [0, 0.05) is 19.6 Å². The Balaban J connectivity index is 2.47. The predicted molar refractivity (Wildman–Crippen MR) is 63.3 cm³/mol. The zero-order chi connectivity index (χ0) is 11.5. The fraction of sp³-hybridized carbons (Fsp3) is 0.417. The quantitative estimate of drug-likeness (QED) is 0.769. The predicted octanol–water partition coefficient (Wildman–Crippen LogP) is 0.825. The Morgan fingerprint density at radius 2 is 1.94 bits per heavy atom. The highest BCUT2D eigenvalue weighted by atomic mass is 16.1. The summed E-state index contributed by atoms with van der Waals surface area (Å²) in [4.78, 5) is 11.9. The van der Waals surface area contributed by atoms with Crippen molar-refractivity contribution < 1.29 is 0 Å². The molecule has 0 amide bonds. The molecule has 4 nitrogen and oxygen atoms in total. The van der Waals surface area contributed by atoms with Gasteiger partial charge in [0.25, 0.3) is 0 Å². The minimum absolute atomic E-state index is 0.00620. The summed E-state index contributed by atoms with van der Waals surface area (Å²) in [5.41, 5.74) is 9.08. The largest absolute Gasteiger partial charge is 0.328 e. The average Bonchev–Trinajstić information content (AvgIpc) is 3.00. The van der Waals surface area contributed by atoms with E-state index >= 15 is 0 Å². The Labute approximate surface area is 93.3 Å². The summed E-state index contributed by atoms with van der Waals surface area (Å²) in [6.07, 6.45) is 2.02. The molecule has 3 rings (SSSR count). The van der Waals surface area contributed by atoms with E-state index < -0.39 is 0 Å². The molecule has 0 atom stereocenters. The maximum absolute atomic E-state index is 11.9. The third-order valence-electron chi connectivity index (χ3n) is 3.61. The third kappa shape index (κ3) is 1.05. The fourth-order valence-corrected chi connectivity index (χ4v) is 2.38. The maximum Gasteiger partial charge on any atom is 0.328 e. The normalized spacial score (nSPS) is 17.9. The molecular formula is C12H15N3O. The number of nitrogens with zero attached hydrogens (tertiary/aromatic N) is 2. The summed E-state index contributed by atoms with van der Waals surface area (Å²) in [5, 5.41) is 0. The van der Waals surface area contributed by atoms with E-state index in [-0.39, 0.29) is 11.2 Å². The number of para-hydroxylation sites is 1. The summed E-state index contributed by atoms with van der Waals surface area (Å²) < 4.78 is 3.36. The number of hydrogen-bond donors (Lipinski definition) is 1. The van der Waals surface area contributed by atoms with E-state index in [1.807, 2.05) is 18.2 Å². The Bertz CT molecular complexity index is 631. The first-order valence-corrected chi connectivity index (χ1v) is 5.48. The second-order valence-electron chi connectivity index (χ2n) is 4.73. The summed E-state index contributed by atoms with van der Waals surface area (Å²) in [6.45, 7) is 0. The van der Waals surface area contributed by atoms with Crippen molar-refractivity contribution in [3.8, 4) is 0 Å². The molecule has 84 valence electrons. The van der Waals surface area contributed by atoms with Gasteiger partial charge in [0.2, 0.25) is 0 Å². The molecule has 1 aliphatic rings. The zero-order valence-corrected chi connectivity index (χ0v) is 9.53.